The third-order valence-electron chi connectivity index (χ3n) is 3.36. The number of nitrogens with zero attached hydrogens (tertiary/aromatic N) is 1. The van der Waals surface area contributed by atoms with E-state index in [1.165, 1.54) is 25.7 Å². The molecule has 14 heavy (non-hydrogen) atoms. The summed E-state index contributed by atoms with van der Waals surface area (Å²) in [6.45, 7) is 2.00. The van der Waals surface area contributed by atoms with Gasteiger partial charge >= 0.3 is 0 Å². The van der Waals surface area contributed by atoms with E-state index in [4.69, 9.17) is 0 Å². The number of hydrogen-bond acceptors (Lipinski definition) is 3. The molecule has 1 aromatic rings. The Morgan fingerprint density at radius 3 is 2.29 bits per heavy atom. The molecule has 3 heteroatoms. The third kappa shape index (κ3) is 1.22. The Balaban J connectivity index is 1.98. The molecule has 0 saturated heterocycles. The molecule has 2 aliphatic carbocycles. The van der Waals surface area contributed by atoms with Crippen molar-refractivity contribution in [2.45, 2.75) is 38.2 Å². The van der Waals surface area contributed by atoms with E-state index >= 15 is 0 Å². The smallest absolute Gasteiger partial charge is 0.125 e. The minimum absolute atomic E-state index is 0.501. The molecule has 0 spiro atoms. The summed E-state index contributed by atoms with van der Waals surface area (Å²) in [7, 11) is 0. The van der Waals surface area contributed by atoms with Crippen molar-refractivity contribution in [2.75, 3.05) is 0 Å². The molecule has 76 valence electrons. The number of thiazole rings is 1. The van der Waals surface area contributed by atoms with Gasteiger partial charge in [-0.05, 0) is 44.4 Å². The fourth-order valence-corrected chi connectivity index (χ4v) is 3.32. The molecule has 2 nitrogen and oxygen atoms in total. The zero-order valence-electron chi connectivity index (χ0n) is 8.36. The highest BCUT2D eigenvalue weighted by atomic mass is 32.1. The van der Waals surface area contributed by atoms with E-state index in [0.717, 1.165) is 10.7 Å². The first-order valence-electron chi connectivity index (χ1n) is 5.36. The van der Waals surface area contributed by atoms with E-state index in [2.05, 4.69) is 4.98 Å². The quantitative estimate of drug-likeness (QED) is 0.829. The summed E-state index contributed by atoms with van der Waals surface area (Å²) < 4.78 is 0. The number of hydrogen-bond donors (Lipinski definition) is 1. The van der Waals surface area contributed by atoms with Gasteiger partial charge in [0.1, 0.15) is 10.6 Å². The van der Waals surface area contributed by atoms with Crippen molar-refractivity contribution in [1.29, 1.82) is 0 Å². The SMILES string of the molecule is Cc1csc(C(O)(C2CC2)C2CC2)n1. The number of aromatic nitrogens is 1. The van der Waals surface area contributed by atoms with Crippen molar-refractivity contribution >= 4 is 11.3 Å². The van der Waals surface area contributed by atoms with Crippen molar-refractivity contribution in [3.63, 3.8) is 0 Å². The van der Waals surface area contributed by atoms with E-state index in [0.29, 0.717) is 11.8 Å². The molecule has 0 aliphatic heterocycles. The van der Waals surface area contributed by atoms with Gasteiger partial charge in [0.15, 0.2) is 0 Å². The summed E-state index contributed by atoms with van der Waals surface area (Å²) in [4.78, 5) is 4.47. The fourth-order valence-electron chi connectivity index (χ4n) is 2.27. The molecule has 1 heterocycles. The molecule has 0 unspecified atom stereocenters. The lowest BCUT2D eigenvalue weighted by Crippen LogP contribution is -2.30. The fraction of sp³-hybridized carbons (Fsp3) is 0.727. The predicted molar refractivity (Wildman–Crippen MR) is 56.2 cm³/mol. The highest BCUT2D eigenvalue weighted by molar-refractivity contribution is 7.09. The molecule has 0 amide bonds. The van der Waals surface area contributed by atoms with E-state index < -0.39 is 5.60 Å². The van der Waals surface area contributed by atoms with Gasteiger partial charge in [0, 0.05) is 11.1 Å². The zero-order valence-corrected chi connectivity index (χ0v) is 9.18. The second kappa shape index (κ2) is 2.80. The summed E-state index contributed by atoms with van der Waals surface area (Å²) in [5.74, 6) is 1.00. The highest BCUT2D eigenvalue weighted by Crippen LogP contribution is 2.57. The molecule has 0 atom stereocenters. The molecule has 0 bridgehead atoms. The standard InChI is InChI=1S/C11H15NOS/c1-7-6-14-10(12-7)11(13,8-2-3-8)9-4-5-9/h6,8-9,13H,2-5H2,1H3. The maximum Gasteiger partial charge on any atom is 0.125 e. The number of aliphatic hydroxyl groups is 1. The molecule has 2 saturated carbocycles. The summed E-state index contributed by atoms with van der Waals surface area (Å²) in [5, 5.41) is 13.7. The Labute approximate surface area is 88.0 Å². The van der Waals surface area contributed by atoms with E-state index in [9.17, 15) is 5.11 Å². The summed E-state index contributed by atoms with van der Waals surface area (Å²) in [6.07, 6.45) is 4.74. The molecule has 2 aliphatic rings. The normalized spacial score (nSPS) is 22.7. The first-order chi connectivity index (χ1) is 6.71. The van der Waals surface area contributed by atoms with Crippen molar-refractivity contribution in [2.24, 2.45) is 11.8 Å². The molecule has 0 aromatic carbocycles. The molecule has 1 N–H and O–H groups in total. The van der Waals surface area contributed by atoms with Crippen LogP contribution < -0.4 is 0 Å². The summed E-state index contributed by atoms with van der Waals surface area (Å²) in [5.41, 5.74) is 0.489. The van der Waals surface area contributed by atoms with Crippen LogP contribution in [0.2, 0.25) is 0 Å². The van der Waals surface area contributed by atoms with E-state index in [1.807, 2.05) is 12.3 Å². The Bertz CT molecular complexity index is 340. The van der Waals surface area contributed by atoms with Gasteiger partial charge in [-0.15, -0.1) is 11.3 Å². The van der Waals surface area contributed by atoms with Crippen LogP contribution in [0.1, 0.15) is 36.4 Å². The lowest BCUT2D eigenvalue weighted by Gasteiger charge is -2.25. The minimum Gasteiger partial charge on any atom is -0.382 e. The lowest BCUT2D eigenvalue weighted by molar-refractivity contribution is -0.0105. The third-order valence-corrected chi connectivity index (χ3v) is 4.46. The van der Waals surface area contributed by atoms with Crippen LogP contribution in [0.25, 0.3) is 0 Å². The molecule has 2 fully saturated rings. The Morgan fingerprint density at radius 1 is 1.36 bits per heavy atom. The molecular formula is C11H15NOS. The van der Waals surface area contributed by atoms with Gasteiger partial charge in [0.05, 0.1) is 0 Å². The van der Waals surface area contributed by atoms with Crippen LogP contribution in [0.15, 0.2) is 5.38 Å². The largest absolute Gasteiger partial charge is 0.382 e. The topological polar surface area (TPSA) is 33.1 Å². The van der Waals surface area contributed by atoms with Crippen LogP contribution >= 0.6 is 11.3 Å². The Kier molecular flexibility index (Phi) is 1.77. The molecule has 3 rings (SSSR count). The van der Waals surface area contributed by atoms with Crippen LogP contribution in [0.5, 0.6) is 0 Å². The maximum atomic E-state index is 10.7. The lowest BCUT2D eigenvalue weighted by atomic mass is 9.92. The molecule has 0 radical (unpaired) electrons. The predicted octanol–water partition coefficient (Wildman–Crippen LogP) is 2.46. The van der Waals surface area contributed by atoms with Gasteiger partial charge in [-0.25, -0.2) is 4.98 Å². The molecular weight excluding hydrogens is 194 g/mol. The number of rotatable bonds is 3. The molecule has 1 aromatic heterocycles. The van der Waals surface area contributed by atoms with Gasteiger partial charge in [0.2, 0.25) is 0 Å². The van der Waals surface area contributed by atoms with Crippen LogP contribution in [-0.2, 0) is 5.60 Å². The second-order valence-electron chi connectivity index (χ2n) is 4.67. The van der Waals surface area contributed by atoms with E-state index in [-0.39, 0.29) is 0 Å². The average molecular weight is 209 g/mol. The van der Waals surface area contributed by atoms with Crippen LogP contribution in [-0.4, -0.2) is 10.1 Å². The second-order valence-corrected chi connectivity index (χ2v) is 5.53. The van der Waals surface area contributed by atoms with Crippen molar-refractivity contribution in [3.05, 3.63) is 16.1 Å². The van der Waals surface area contributed by atoms with Gasteiger partial charge in [-0.1, -0.05) is 0 Å². The van der Waals surface area contributed by atoms with Gasteiger partial charge < -0.3 is 5.11 Å². The van der Waals surface area contributed by atoms with Crippen molar-refractivity contribution < 1.29 is 5.11 Å². The average Bonchev–Trinajstić information content (AvgIpc) is 3.01. The Morgan fingerprint density at radius 2 is 1.93 bits per heavy atom. The summed E-state index contributed by atoms with van der Waals surface area (Å²) >= 11 is 1.63. The van der Waals surface area contributed by atoms with Gasteiger partial charge in [-0.2, -0.15) is 0 Å². The van der Waals surface area contributed by atoms with Crippen molar-refractivity contribution in [1.82, 2.24) is 4.98 Å². The zero-order chi connectivity index (χ0) is 9.76. The van der Waals surface area contributed by atoms with Crippen molar-refractivity contribution in [3.8, 4) is 0 Å². The van der Waals surface area contributed by atoms with Crippen LogP contribution in [0.3, 0.4) is 0 Å². The van der Waals surface area contributed by atoms with Gasteiger partial charge in [-0.3, -0.25) is 0 Å². The van der Waals surface area contributed by atoms with Crippen LogP contribution in [0.4, 0.5) is 0 Å². The highest BCUT2D eigenvalue weighted by Gasteiger charge is 2.55. The Hall–Kier alpha value is -0.410. The van der Waals surface area contributed by atoms with E-state index in [1.54, 1.807) is 11.3 Å². The van der Waals surface area contributed by atoms with Crippen LogP contribution in [0, 0.1) is 18.8 Å². The number of aryl methyl sites for hydroxylation is 1. The monoisotopic (exact) mass is 209 g/mol. The first kappa shape index (κ1) is 8.86. The maximum absolute atomic E-state index is 10.7. The van der Waals surface area contributed by atoms with Gasteiger partial charge in [0.25, 0.3) is 0 Å². The summed E-state index contributed by atoms with van der Waals surface area (Å²) in [6, 6.07) is 0. The minimum atomic E-state index is -0.557. The first-order valence-corrected chi connectivity index (χ1v) is 6.24.